The van der Waals surface area contributed by atoms with Crippen molar-refractivity contribution in [3.8, 4) is 0 Å². The van der Waals surface area contributed by atoms with Gasteiger partial charge in [0, 0.05) is 22.3 Å². The van der Waals surface area contributed by atoms with Crippen molar-refractivity contribution < 1.29 is 19.8 Å². The number of rotatable bonds is 2. The monoisotopic (exact) mass is 348 g/mol. The van der Waals surface area contributed by atoms with Crippen LogP contribution in [0.1, 0.15) is 58.5 Å². The summed E-state index contributed by atoms with van der Waals surface area (Å²) in [4.78, 5) is 26.4. The Morgan fingerprint density at radius 3 is 1.38 bits per heavy atom. The number of Topliss-reactive ketones (excluding diaryl/α,β-unsaturated/α-hetero) is 2. The number of hydrogen-bond donors (Lipinski definition) is 2. The van der Waals surface area contributed by atoms with Crippen LogP contribution in [-0.2, 0) is 11.2 Å². The van der Waals surface area contributed by atoms with E-state index in [4.69, 9.17) is 0 Å². The lowest BCUT2D eigenvalue weighted by atomic mass is 9.79. The lowest BCUT2D eigenvalue weighted by Crippen LogP contribution is -2.33. The number of carbonyl (C=O) groups is 2. The minimum Gasteiger partial charge on any atom is -0.380 e. The highest BCUT2D eigenvalue weighted by Gasteiger charge is 2.55. The molecule has 2 atom stereocenters. The minimum absolute atomic E-state index is 0.0201. The van der Waals surface area contributed by atoms with Crippen LogP contribution in [0.15, 0.2) is 59.7 Å². The summed E-state index contributed by atoms with van der Waals surface area (Å²) in [5, 5.41) is 22.9. The fraction of sp³-hybridized carbons (Fsp3) is 0.273. The highest BCUT2D eigenvalue weighted by atomic mass is 16.3. The molecule has 0 spiro atoms. The third-order valence-corrected chi connectivity index (χ3v) is 5.79. The zero-order valence-electron chi connectivity index (χ0n) is 14.7. The van der Waals surface area contributed by atoms with E-state index in [-0.39, 0.29) is 35.6 Å². The first-order valence-corrected chi connectivity index (χ1v) is 8.88. The molecule has 0 radical (unpaired) electrons. The highest BCUT2D eigenvalue weighted by molar-refractivity contribution is 6.24. The van der Waals surface area contributed by atoms with Gasteiger partial charge in [-0.05, 0) is 24.0 Å². The maximum Gasteiger partial charge on any atom is 0.193 e. The van der Waals surface area contributed by atoms with Gasteiger partial charge in [-0.3, -0.25) is 9.59 Å². The molecule has 0 bridgehead atoms. The normalized spacial score (nSPS) is 29.8. The second-order valence-electron chi connectivity index (χ2n) is 6.93. The molecule has 0 aliphatic heterocycles. The zero-order valence-corrected chi connectivity index (χ0v) is 14.7. The van der Waals surface area contributed by atoms with Gasteiger partial charge in [-0.2, -0.15) is 0 Å². The lowest BCUT2D eigenvalue weighted by molar-refractivity contribution is 0.0491. The van der Waals surface area contributed by atoms with Crippen LogP contribution in [0.2, 0.25) is 0 Å². The Kier molecular flexibility index (Phi) is 3.55. The number of fused-ring (bicyclic) bond motifs is 2. The van der Waals surface area contributed by atoms with E-state index in [1.54, 1.807) is 62.4 Å². The summed E-state index contributed by atoms with van der Waals surface area (Å²) >= 11 is 0. The maximum atomic E-state index is 13.2. The van der Waals surface area contributed by atoms with Crippen molar-refractivity contribution in [2.24, 2.45) is 0 Å². The molecule has 2 N–H and O–H groups in total. The molecule has 0 heterocycles. The summed E-state index contributed by atoms with van der Waals surface area (Å²) in [5.41, 5.74) is -1.34. The second-order valence-corrected chi connectivity index (χ2v) is 6.93. The SMILES string of the molecule is CC[C@@]1(O)/C(=C2/C(=O)c3ccccc3[C@]2(O)CC)C(=O)c2ccccc21. The molecule has 2 aromatic carbocycles. The van der Waals surface area contributed by atoms with E-state index in [1.165, 1.54) is 0 Å². The van der Waals surface area contributed by atoms with Gasteiger partial charge in [-0.1, -0.05) is 62.4 Å². The van der Waals surface area contributed by atoms with Crippen LogP contribution in [0.25, 0.3) is 0 Å². The van der Waals surface area contributed by atoms with Crippen molar-refractivity contribution in [3.05, 3.63) is 81.9 Å². The highest BCUT2D eigenvalue weighted by Crippen LogP contribution is 2.52. The molecule has 0 saturated heterocycles. The molecule has 2 aliphatic carbocycles. The molecule has 0 fully saturated rings. The predicted molar refractivity (Wildman–Crippen MR) is 96.9 cm³/mol. The Labute approximate surface area is 151 Å². The van der Waals surface area contributed by atoms with Gasteiger partial charge in [-0.15, -0.1) is 0 Å². The number of hydrogen-bond acceptors (Lipinski definition) is 4. The number of aliphatic hydroxyl groups is 2. The Morgan fingerprint density at radius 2 is 1.04 bits per heavy atom. The number of carbonyl (C=O) groups excluding carboxylic acids is 2. The van der Waals surface area contributed by atoms with E-state index in [9.17, 15) is 19.8 Å². The van der Waals surface area contributed by atoms with Gasteiger partial charge < -0.3 is 10.2 Å². The Balaban J connectivity index is 2.09. The van der Waals surface area contributed by atoms with E-state index >= 15 is 0 Å². The minimum atomic E-state index is -1.58. The van der Waals surface area contributed by atoms with Gasteiger partial charge in [-0.25, -0.2) is 0 Å². The number of ketones is 2. The quantitative estimate of drug-likeness (QED) is 0.817. The van der Waals surface area contributed by atoms with Gasteiger partial charge >= 0.3 is 0 Å². The zero-order chi connectivity index (χ0) is 18.7. The standard InChI is InChI=1S/C22H20O4/c1-3-21(25)15-11-7-5-9-13(15)19(23)17(21)18-20(24)14-10-6-8-12-16(14)22(18,26)4-2/h5-12,25-26H,3-4H2,1-2H3/b18-17-/t21-,22+. The van der Waals surface area contributed by atoms with Crippen LogP contribution in [0, 0.1) is 0 Å². The fourth-order valence-corrected chi connectivity index (χ4v) is 4.37. The summed E-state index contributed by atoms with van der Waals surface area (Å²) < 4.78 is 0. The summed E-state index contributed by atoms with van der Waals surface area (Å²) in [5.74, 6) is -0.763. The van der Waals surface area contributed by atoms with E-state index in [2.05, 4.69) is 0 Å². The average molecular weight is 348 g/mol. The summed E-state index contributed by atoms with van der Waals surface area (Å²) in [6.07, 6.45) is 0.468. The molecule has 132 valence electrons. The average Bonchev–Trinajstić information content (AvgIpc) is 3.03. The van der Waals surface area contributed by atoms with Crippen LogP contribution in [0.3, 0.4) is 0 Å². The molecule has 4 rings (SSSR count). The van der Waals surface area contributed by atoms with Crippen LogP contribution < -0.4 is 0 Å². The van der Waals surface area contributed by atoms with Crippen molar-refractivity contribution in [2.75, 3.05) is 0 Å². The topological polar surface area (TPSA) is 74.6 Å². The molecule has 2 aliphatic rings. The van der Waals surface area contributed by atoms with E-state index < -0.39 is 11.2 Å². The van der Waals surface area contributed by atoms with Crippen molar-refractivity contribution >= 4 is 11.6 Å². The van der Waals surface area contributed by atoms with E-state index in [1.807, 2.05) is 0 Å². The summed E-state index contributed by atoms with van der Waals surface area (Å²) in [6.45, 7) is 3.54. The molecule has 0 unspecified atom stereocenters. The molecule has 4 nitrogen and oxygen atoms in total. The first-order valence-electron chi connectivity index (χ1n) is 8.88. The Bertz CT molecular complexity index is 908. The molecule has 0 amide bonds. The number of benzene rings is 2. The van der Waals surface area contributed by atoms with Crippen LogP contribution in [0.4, 0.5) is 0 Å². The summed E-state index contributed by atoms with van der Waals surface area (Å²) in [6, 6.07) is 13.7. The molecule has 0 saturated carbocycles. The van der Waals surface area contributed by atoms with Crippen molar-refractivity contribution in [2.45, 2.75) is 37.9 Å². The Morgan fingerprint density at radius 1 is 0.692 bits per heavy atom. The van der Waals surface area contributed by atoms with Crippen LogP contribution in [-0.4, -0.2) is 21.8 Å². The van der Waals surface area contributed by atoms with Crippen LogP contribution >= 0.6 is 0 Å². The molecule has 26 heavy (non-hydrogen) atoms. The van der Waals surface area contributed by atoms with E-state index in [0.29, 0.717) is 22.3 Å². The smallest absolute Gasteiger partial charge is 0.193 e. The van der Waals surface area contributed by atoms with Crippen molar-refractivity contribution in [3.63, 3.8) is 0 Å². The van der Waals surface area contributed by atoms with Crippen molar-refractivity contribution in [1.29, 1.82) is 0 Å². The van der Waals surface area contributed by atoms with Gasteiger partial charge in [0.05, 0.1) is 0 Å². The van der Waals surface area contributed by atoms with Crippen molar-refractivity contribution in [1.82, 2.24) is 0 Å². The van der Waals surface area contributed by atoms with Gasteiger partial charge in [0.1, 0.15) is 11.2 Å². The largest absolute Gasteiger partial charge is 0.380 e. The lowest BCUT2D eigenvalue weighted by Gasteiger charge is -2.30. The third kappa shape index (κ3) is 1.86. The molecule has 4 heteroatoms. The Hall–Kier alpha value is -2.56. The van der Waals surface area contributed by atoms with E-state index in [0.717, 1.165) is 0 Å². The predicted octanol–water partition coefficient (Wildman–Crippen LogP) is 3.27. The van der Waals surface area contributed by atoms with Gasteiger partial charge in [0.25, 0.3) is 0 Å². The molecule has 0 aromatic heterocycles. The maximum absolute atomic E-state index is 13.2. The second kappa shape index (κ2) is 5.47. The fourth-order valence-electron chi connectivity index (χ4n) is 4.37. The van der Waals surface area contributed by atoms with Gasteiger partial charge in [0.15, 0.2) is 11.6 Å². The first-order chi connectivity index (χ1) is 12.4. The molecule has 2 aromatic rings. The van der Waals surface area contributed by atoms with Gasteiger partial charge in [0.2, 0.25) is 0 Å². The molecular weight excluding hydrogens is 328 g/mol. The van der Waals surface area contributed by atoms with Crippen LogP contribution in [0.5, 0.6) is 0 Å². The molecular formula is C22H20O4. The first kappa shape index (κ1) is 16.9. The summed E-state index contributed by atoms with van der Waals surface area (Å²) in [7, 11) is 0. The third-order valence-electron chi connectivity index (χ3n) is 5.79.